The third-order valence-electron chi connectivity index (χ3n) is 6.02. The van der Waals surface area contributed by atoms with E-state index in [1.54, 1.807) is 0 Å². The van der Waals surface area contributed by atoms with Gasteiger partial charge >= 0.3 is 5.63 Å². The molecule has 0 saturated carbocycles. The van der Waals surface area contributed by atoms with Gasteiger partial charge in [0.1, 0.15) is 5.58 Å². The van der Waals surface area contributed by atoms with Crippen LogP contribution in [0.2, 0.25) is 0 Å². The first-order valence-electron chi connectivity index (χ1n) is 9.82. The molecule has 4 nitrogen and oxygen atoms in total. The number of benzene rings is 2. The smallest absolute Gasteiger partial charge is 0.344 e. The molecule has 3 aromatic rings. The maximum atomic E-state index is 12.8. The van der Waals surface area contributed by atoms with Crippen molar-refractivity contribution in [3.8, 4) is 11.1 Å². The van der Waals surface area contributed by atoms with Crippen LogP contribution in [-0.2, 0) is 12.8 Å². The Kier molecular flexibility index (Phi) is 3.74. The van der Waals surface area contributed by atoms with Crippen molar-refractivity contribution in [3.05, 3.63) is 57.4 Å². The summed E-state index contributed by atoms with van der Waals surface area (Å²) in [6, 6.07) is 10.3. The lowest BCUT2D eigenvalue weighted by Gasteiger charge is -2.37. The third-order valence-corrected chi connectivity index (χ3v) is 6.02. The van der Waals surface area contributed by atoms with E-state index in [2.05, 4.69) is 16.3 Å². The number of nitrogens with zero attached hydrogens (tertiary/aromatic N) is 1. The minimum absolute atomic E-state index is 0.247. The van der Waals surface area contributed by atoms with E-state index >= 15 is 0 Å². The van der Waals surface area contributed by atoms with Gasteiger partial charge in [-0.1, -0.05) is 6.07 Å². The predicted octanol–water partition coefficient (Wildman–Crippen LogP) is 4.51. The van der Waals surface area contributed by atoms with Gasteiger partial charge in [0.25, 0.3) is 0 Å². The minimum atomic E-state index is -0.247. The highest BCUT2D eigenvalue weighted by atomic mass is 16.4. The standard InChI is InChI=1S/C23H24N2O2/c1-14-11-15(7-8-20(14)24-2)19-13-17-12-16-5-3-9-25-10-4-6-18(21(16)25)22(17)27-23(19)26/h7-8,11-13,24H,3-6,9-10H2,1-2H3. The van der Waals surface area contributed by atoms with Gasteiger partial charge in [-0.05, 0) is 73.6 Å². The fourth-order valence-corrected chi connectivity index (χ4v) is 4.76. The van der Waals surface area contributed by atoms with E-state index in [0.29, 0.717) is 5.56 Å². The van der Waals surface area contributed by atoms with Gasteiger partial charge in [-0.2, -0.15) is 0 Å². The van der Waals surface area contributed by atoms with Crippen molar-refractivity contribution in [2.45, 2.75) is 32.6 Å². The van der Waals surface area contributed by atoms with Gasteiger partial charge in [-0.25, -0.2) is 4.79 Å². The number of rotatable bonds is 2. The molecule has 0 fully saturated rings. The quantitative estimate of drug-likeness (QED) is 0.683. The first kappa shape index (κ1) is 16.4. The molecule has 27 heavy (non-hydrogen) atoms. The van der Waals surface area contributed by atoms with Gasteiger partial charge in [-0.15, -0.1) is 0 Å². The minimum Gasteiger partial charge on any atom is -0.422 e. The molecule has 0 radical (unpaired) electrons. The third kappa shape index (κ3) is 2.54. The molecule has 0 unspecified atom stereocenters. The van der Waals surface area contributed by atoms with Crippen molar-refractivity contribution in [3.63, 3.8) is 0 Å². The zero-order valence-electron chi connectivity index (χ0n) is 15.9. The average molecular weight is 360 g/mol. The van der Waals surface area contributed by atoms with E-state index in [1.807, 2.05) is 38.2 Å². The Morgan fingerprint density at radius 1 is 1.07 bits per heavy atom. The Morgan fingerprint density at radius 2 is 1.89 bits per heavy atom. The molecule has 0 saturated heterocycles. The summed E-state index contributed by atoms with van der Waals surface area (Å²) < 4.78 is 5.92. The lowest BCUT2D eigenvalue weighted by Crippen LogP contribution is -2.34. The molecule has 2 aliphatic heterocycles. The number of aryl methyl sites for hydroxylation is 3. The largest absolute Gasteiger partial charge is 0.422 e. The van der Waals surface area contributed by atoms with Crippen molar-refractivity contribution in [1.82, 2.24) is 0 Å². The average Bonchev–Trinajstić information content (AvgIpc) is 2.68. The van der Waals surface area contributed by atoms with Gasteiger partial charge < -0.3 is 14.6 Å². The highest BCUT2D eigenvalue weighted by Crippen LogP contribution is 2.40. The van der Waals surface area contributed by atoms with Gasteiger partial charge in [0.15, 0.2) is 0 Å². The van der Waals surface area contributed by atoms with E-state index in [4.69, 9.17) is 4.42 Å². The van der Waals surface area contributed by atoms with Crippen LogP contribution in [0, 0.1) is 6.92 Å². The molecule has 0 atom stereocenters. The van der Waals surface area contributed by atoms with Crippen molar-refractivity contribution in [1.29, 1.82) is 0 Å². The number of nitrogens with one attached hydrogen (secondary N) is 1. The molecule has 1 N–H and O–H groups in total. The molecule has 0 amide bonds. The molecule has 3 heterocycles. The van der Waals surface area contributed by atoms with Crippen LogP contribution >= 0.6 is 0 Å². The molecule has 4 heteroatoms. The number of fused-ring (bicyclic) bond motifs is 2. The maximum Gasteiger partial charge on any atom is 0.344 e. The molecule has 0 spiro atoms. The molecule has 1 aromatic heterocycles. The number of hydrogen-bond acceptors (Lipinski definition) is 4. The lowest BCUT2D eigenvalue weighted by molar-refractivity contribution is 0.552. The molecule has 2 aliphatic rings. The summed E-state index contributed by atoms with van der Waals surface area (Å²) in [5, 5.41) is 4.22. The van der Waals surface area contributed by atoms with Crippen molar-refractivity contribution in [2.75, 3.05) is 30.4 Å². The van der Waals surface area contributed by atoms with Crippen molar-refractivity contribution in [2.24, 2.45) is 0 Å². The first-order chi connectivity index (χ1) is 13.2. The van der Waals surface area contributed by atoms with Crippen LogP contribution in [-0.4, -0.2) is 20.1 Å². The molecular weight excluding hydrogens is 336 g/mol. The zero-order chi connectivity index (χ0) is 18.5. The van der Waals surface area contributed by atoms with Gasteiger partial charge in [-0.3, -0.25) is 0 Å². The van der Waals surface area contributed by atoms with E-state index in [-0.39, 0.29) is 5.63 Å². The fourth-order valence-electron chi connectivity index (χ4n) is 4.76. The molecule has 0 bridgehead atoms. The number of anilines is 2. The summed E-state index contributed by atoms with van der Waals surface area (Å²) in [4.78, 5) is 15.3. The van der Waals surface area contributed by atoms with Crippen molar-refractivity contribution < 1.29 is 4.42 Å². The molecule has 5 rings (SSSR count). The van der Waals surface area contributed by atoms with Gasteiger partial charge in [0.2, 0.25) is 0 Å². The SMILES string of the molecule is CNc1ccc(-c2cc3cc4c5c(c3oc2=O)CCCN5CCC4)cc1C. The van der Waals surface area contributed by atoms with E-state index in [9.17, 15) is 4.79 Å². The summed E-state index contributed by atoms with van der Waals surface area (Å²) >= 11 is 0. The Hall–Kier alpha value is -2.75. The van der Waals surface area contributed by atoms with Crippen LogP contribution in [0.25, 0.3) is 22.1 Å². The predicted molar refractivity (Wildman–Crippen MR) is 111 cm³/mol. The van der Waals surface area contributed by atoms with E-state index in [1.165, 1.54) is 23.2 Å². The topological polar surface area (TPSA) is 45.5 Å². The lowest BCUT2D eigenvalue weighted by atomic mass is 9.89. The maximum absolute atomic E-state index is 12.8. The summed E-state index contributed by atoms with van der Waals surface area (Å²) in [5.74, 6) is 0. The van der Waals surface area contributed by atoms with Crippen molar-refractivity contribution >= 4 is 22.3 Å². The summed E-state index contributed by atoms with van der Waals surface area (Å²) in [5.41, 5.74) is 8.27. The second-order valence-corrected chi connectivity index (χ2v) is 7.70. The molecule has 0 aliphatic carbocycles. The molecular formula is C23H24N2O2. The molecule has 2 aromatic carbocycles. The zero-order valence-corrected chi connectivity index (χ0v) is 15.9. The Balaban J connectivity index is 1.73. The Morgan fingerprint density at radius 3 is 2.67 bits per heavy atom. The highest BCUT2D eigenvalue weighted by molar-refractivity contribution is 5.90. The van der Waals surface area contributed by atoms with Gasteiger partial charge in [0, 0.05) is 42.5 Å². The van der Waals surface area contributed by atoms with E-state index < -0.39 is 0 Å². The van der Waals surface area contributed by atoms with Crippen LogP contribution in [0.3, 0.4) is 0 Å². The van der Waals surface area contributed by atoms with E-state index in [0.717, 1.165) is 60.1 Å². The van der Waals surface area contributed by atoms with Crippen LogP contribution < -0.4 is 15.8 Å². The number of hydrogen-bond donors (Lipinski definition) is 1. The van der Waals surface area contributed by atoms with Crippen LogP contribution in [0.15, 0.2) is 39.5 Å². The van der Waals surface area contributed by atoms with Crippen LogP contribution in [0.1, 0.15) is 29.5 Å². The summed E-state index contributed by atoms with van der Waals surface area (Å²) in [6.07, 6.45) is 4.43. The van der Waals surface area contributed by atoms with Gasteiger partial charge in [0.05, 0.1) is 5.56 Å². The Labute approximate surface area is 158 Å². The summed E-state index contributed by atoms with van der Waals surface area (Å²) in [7, 11) is 1.91. The summed E-state index contributed by atoms with van der Waals surface area (Å²) in [6.45, 7) is 4.28. The fraction of sp³-hybridized carbons (Fsp3) is 0.348. The monoisotopic (exact) mass is 360 g/mol. The molecule has 138 valence electrons. The second-order valence-electron chi connectivity index (χ2n) is 7.70. The van der Waals surface area contributed by atoms with Crippen LogP contribution in [0.5, 0.6) is 0 Å². The normalized spacial score (nSPS) is 15.7. The second kappa shape index (κ2) is 6.15. The highest BCUT2D eigenvalue weighted by Gasteiger charge is 2.27. The first-order valence-corrected chi connectivity index (χ1v) is 9.82. The van der Waals surface area contributed by atoms with Crippen LogP contribution in [0.4, 0.5) is 11.4 Å². The Bertz CT molecular complexity index is 1110.